The number of piperazine rings is 2. The van der Waals surface area contributed by atoms with Crippen LogP contribution in [0.2, 0.25) is 0 Å². The Bertz CT molecular complexity index is 2110. The molecule has 1 amide bonds. The Morgan fingerprint density at radius 1 is 0.885 bits per heavy atom. The van der Waals surface area contributed by atoms with Gasteiger partial charge in [-0.3, -0.25) is 9.69 Å². The third-order valence-electron chi connectivity index (χ3n) is 12.9. The van der Waals surface area contributed by atoms with Crippen LogP contribution in [0.15, 0.2) is 36.4 Å². The van der Waals surface area contributed by atoms with Crippen LogP contribution in [-0.2, 0) is 26.8 Å². The number of carbonyl (C=O) groups is 1. The fraction of sp³-hybridized carbons (Fsp3) is 0.605. The van der Waals surface area contributed by atoms with Gasteiger partial charge in [0.25, 0.3) is 5.91 Å². The normalized spacial score (nSPS) is 28.1. The zero-order valence-electron chi connectivity index (χ0n) is 31.0. The monoisotopic (exact) mass is 752 g/mol. The Hall–Kier alpha value is -3.01. The highest BCUT2D eigenvalue weighted by Crippen LogP contribution is 2.64. The summed E-state index contributed by atoms with van der Waals surface area (Å²) >= 11 is 0. The summed E-state index contributed by atoms with van der Waals surface area (Å²) in [6.45, 7) is 7.07. The highest BCUT2D eigenvalue weighted by atomic mass is 32.2. The lowest BCUT2D eigenvalue weighted by molar-refractivity contribution is 0.0977. The molecule has 0 bridgehead atoms. The molecule has 3 aliphatic heterocycles. The number of rotatable bonds is 7. The van der Waals surface area contributed by atoms with Gasteiger partial charge in [-0.2, -0.15) is 17.0 Å². The Kier molecular flexibility index (Phi) is 9.06. The van der Waals surface area contributed by atoms with E-state index in [9.17, 15) is 13.2 Å². The molecule has 8 rings (SSSR count). The molecular weight excluding hydrogens is 701 g/mol. The molecule has 2 aliphatic carbocycles. The van der Waals surface area contributed by atoms with Crippen molar-refractivity contribution in [1.82, 2.24) is 27.7 Å². The van der Waals surface area contributed by atoms with Crippen molar-refractivity contribution >= 4 is 37.0 Å². The average molecular weight is 753 g/mol. The summed E-state index contributed by atoms with van der Waals surface area (Å²) in [6.07, 6.45) is 6.00. The van der Waals surface area contributed by atoms with Crippen molar-refractivity contribution in [2.24, 2.45) is 0 Å². The highest BCUT2D eigenvalue weighted by Gasteiger charge is 2.68. The minimum absolute atomic E-state index is 0.0781. The number of carbonyl (C=O) groups excluding carboxylic acids is 1. The van der Waals surface area contributed by atoms with Crippen LogP contribution >= 0.6 is 0 Å². The number of aromatic nitrogens is 1. The summed E-state index contributed by atoms with van der Waals surface area (Å²) in [5.74, 6) is 0.0628. The van der Waals surface area contributed by atoms with Gasteiger partial charge in [-0.05, 0) is 94.6 Å². The van der Waals surface area contributed by atoms with E-state index in [1.165, 1.54) is 16.3 Å². The smallest absolute Gasteiger partial charge is 0.304 e. The molecule has 3 aromatic rings. The zero-order valence-corrected chi connectivity index (χ0v) is 32.6. The van der Waals surface area contributed by atoms with Crippen LogP contribution in [0.25, 0.3) is 22.2 Å². The maximum Gasteiger partial charge on any atom is 0.304 e. The van der Waals surface area contributed by atoms with Gasteiger partial charge in [0, 0.05) is 85.8 Å². The van der Waals surface area contributed by atoms with Gasteiger partial charge >= 0.3 is 10.2 Å². The van der Waals surface area contributed by atoms with E-state index < -0.39 is 30.9 Å². The Labute approximate surface area is 308 Å². The van der Waals surface area contributed by atoms with E-state index in [2.05, 4.69) is 46.1 Å². The summed E-state index contributed by atoms with van der Waals surface area (Å²) in [7, 11) is -2.20. The second-order valence-electron chi connectivity index (χ2n) is 16.0. The Morgan fingerprint density at radius 2 is 1.58 bits per heavy atom. The molecule has 1 N–H and O–H groups in total. The largest absolute Gasteiger partial charge is 0.497 e. The second kappa shape index (κ2) is 13.1. The SMILES string of the molecule is COc1ccc2c(c1)C1CC1(S(=O)(=O)N1C[C@@H](C)N(C)[C@@H](C)C1)Cn1c-2c(C2CCCCC2)c2ccc(C(=O)NS(=O)(=O)N3CCN(C)CC3)cc21. The molecule has 12 nitrogen and oxygen atoms in total. The van der Waals surface area contributed by atoms with Crippen molar-refractivity contribution in [3.8, 4) is 17.0 Å². The maximum atomic E-state index is 15.1. The molecule has 2 unspecified atom stereocenters. The molecule has 0 radical (unpaired) electrons. The van der Waals surface area contributed by atoms with Crippen molar-refractivity contribution < 1.29 is 26.4 Å². The fourth-order valence-corrected chi connectivity index (χ4v) is 13.1. The number of benzene rings is 2. The van der Waals surface area contributed by atoms with Crippen LogP contribution in [0.3, 0.4) is 0 Å². The molecule has 4 fully saturated rings. The van der Waals surface area contributed by atoms with Crippen molar-refractivity contribution in [3.05, 3.63) is 53.1 Å². The van der Waals surface area contributed by atoms with Gasteiger partial charge in [0.1, 0.15) is 10.5 Å². The number of fused-ring (bicyclic) bond motifs is 7. The van der Waals surface area contributed by atoms with Gasteiger partial charge in [-0.25, -0.2) is 13.1 Å². The number of hydrogen-bond donors (Lipinski definition) is 1. The van der Waals surface area contributed by atoms with Gasteiger partial charge < -0.3 is 14.2 Å². The lowest BCUT2D eigenvalue weighted by Gasteiger charge is -2.43. The van der Waals surface area contributed by atoms with E-state index in [-0.39, 0.29) is 36.0 Å². The predicted octanol–water partition coefficient (Wildman–Crippen LogP) is 4.18. The van der Waals surface area contributed by atoms with E-state index >= 15 is 8.42 Å². The highest BCUT2D eigenvalue weighted by molar-refractivity contribution is 7.91. The molecule has 5 aliphatic rings. The average Bonchev–Trinajstić information content (AvgIpc) is 3.81. The molecule has 2 saturated carbocycles. The summed E-state index contributed by atoms with van der Waals surface area (Å²) in [5.41, 5.74) is 5.22. The summed E-state index contributed by atoms with van der Waals surface area (Å²) in [4.78, 5) is 18.1. The van der Waals surface area contributed by atoms with Crippen LogP contribution in [0.1, 0.15) is 85.7 Å². The molecule has 4 heterocycles. The standard InChI is InChI=1S/C38H52N6O6S2/c1-25-22-43(23-26(2)41(25)4)51(46,47)38-21-33(38)32-20-29(50-5)12-14-30(32)36-35(27-9-7-6-8-10-27)31-13-11-28(19-34(31)44(36)24-38)37(45)39-52(48,49)42-17-15-40(3)16-18-42/h11-14,19-20,25-27,33H,6-10,15-18,21-24H2,1-5H3,(H,39,45)/t25-,26+,33?,38?. The first-order valence-electron chi connectivity index (χ1n) is 18.8. The molecule has 0 spiro atoms. The lowest BCUT2D eigenvalue weighted by Crippen LogP contribution is -2.58. The van der Waals surface area contributed by atoms with Gasteiger partial charge in [0.05, 0.1) is 12.8 Å². The number of ether oxygens (including phenoxy) is 1. The van der Waals surface area contributed by atoms with Crippen LogP contribution in [0.4, 0.5) is 0 Å². The third-order valence-corrected chi connectivity index (χ3v) is 17.0. The molecular formula is C38H52N6O6S2. The van der Waals surface area contributed by atoms with E-state index in [0.717, 1.165) is 53.4 Å². The summed E-state index contributed by atoms with van der Waals surface area (Å²) < 4.78 is 69.0. The third kappa shape index (κ3) is 5.79. The van der Waals surface area contributed by atoms with Gasteiger partial charge in [0.15, 0.2) is 0 Å². The molecule has 52 heavy (non-hydrogen) atoms. The predicted molar refractivity (Wildman–Crippen MR) is 202 cm³/mol. The molecule has 282 valence electrons. The van der Waals surface area contributed by atoms with Crippen molar-refractivity contribution in [3.63, 3.8) is 0 Å². The first-order chi connectivity index (χ1) is 24.8. The minimum Gasteiger partial charge on any atom is -0.497 e. The number of sulfonamides is 1. The van der Waals surface area contributed by atoms with E-state index in [1.54, 1.807) is 23.5 Å². The first-order valence-corrected chi connectivity index (χ1v) is 21.7. The van der Waals surface area contributed by atoms with Crippen LogP contribution < -0.4 is 9.46 Å². The Balaban J connectivity index is 1.28. The van der Waals surface area contributed by atoms with Gasteiger partial charge in [-0.1, -0.05) is 25.3 Å². The van der Waals surface area contributed by atoms with Gasteiger partial charge in [0.2, 0.25) is 10.0 Å². The van der Waals surface area contributed by atoms with Crippen molar-refractivity contribution in [1.29, 1.82) is 0 Å². The zero-order chi connectivity index (χ0) is 36.7. The Morgan fingerprint density at radius 3 is 2.25 bits per heavy atom. The number of hydrogen-bond acceptors (Lipinski definition) is 8. The first kappa shape index (κ1) is 36.0. The van der Waals surface area contributed by atoms with Crippen molar-refractivity contribution in [2.75, 3.05) is 60.5 Å². The topological polar surface area (TPSA) is 124 Å². The molecule has 1 aromatic heterocycles. The number of methoxy groups -OCH3 is 1. The summed E-state index contributed by atoms with van der Waals surface area (Å²) in [5, 5.41) is 0.996. The van der Waals surface area contributed by atoms with Crippen molar-refractivity contribution in [2.45, 2.75) is 87.6 Å². The quantitative estimate of drug-likeness (QED) is 0.382. The number of amides is 1. The van der Waals surface area contributed by atoms with Gasteiger partial charge in [-0.15, -0.1) is 0 Å². The van der Waals surface area contributed by atoms with E-state index in [0.29, 0.717) is 51.4 Å². The van der Waals surface area contributed by atoms with Crippen LogP contribution in [0, 0.1) is 0 Å². The molecule has 2 aromatic carbocycles. The van der Waals surface area contributed by atoms with E-state index in [4.69, 9.17) is 4.74 Å². The lowest BCUT2D eigenvalue weighted by atomic mass is 9.81. The molecule has 4 atom stereocenters. The summed E-state index contributed by atoms with van der Waals surface area (Å²) in [6, 6.07) is 11.7. The maximum absolute atomic E-state index is 15.1. The number of likely N-dealkylation sites (N-methyl/N-ethyl adjacent to an activating group) is 2. The minimum atomic E-state index is -4.05. The van der Waals surface area contributed by atoms with Crippen LogP contribution in [0.5, 0.6) is 5.75 Å². The van der Waals surface area contributed by atoms with E-state index in [1.807, 2.05) is 25.2 Å². The molecule has 14 heteroatoms. The van der Waals surface area contributed by atoms with Crippen LogP contribution in [-0.4, -0.2) is 123 Å². The fourth-order valence-electron chi connectivity index (χ4n) is 9.52. The second-order valence-corrected chi connectivity index (χ2v) is 20.0. The molecule has 2 saturated heterocycles. The number of nitrogens with zero attached hydrogens (tertiary/aromatic N) is 5. The number of nitrogens with one attached hydrogen (secondary N) is 1.